The Morgan fingerprint density at radius 1 is 1.30 bits per heavy atom. The fourth-order valence-electron chi connectivity index (χ4n) is 2.76. The summed E-state index contributed by atoms with van der Waals surface area (Å²) in [6, 6.07) is 0. The van der Waals surface area contributed by atoms with Crippen molar-refractivity contribution in [2.24, 2.45) is 17.8 Å². The summed E-state index contributed by atoms with van der Waals surface area (Å²) < 4.78 is 0. The van der Waals surface area contributed by atoms with Crippen LogP contribution in [0, 0.1) is 17.8 Å². The lowest BCUT2D eigenvalue weighted by molar-refractivity contribution is 0.0933. The van der Waals surface area contributed by atoms with Gasteiger partial charge in [0.25, 0.3) is 5.91 Å². The Bertz CT molecular complexity index is 482. The van der Waals surface area contributed by atoms with Crippen molar-refractivity contribution in [1.82, 2.24) is 20.5 Å². The van der Waals surface area contributed by atoms with Gasteiger partial charge in [-0.3, -0.25) is 9.89 Å². The van der Waals surface area contributed by atoms with Gasteiger partial charge in [0.1, 0.15) is 5.82 Å². The Hall–Kier alpha value is -1.39. The van der Waals surface area contributed by atoms with Gasteiger partial charge in [0.05, 0.1) is 0 Å². The molecule has 5 nitrogen and oxygen atoms in total. The number of H-pyrrole nitrogens is 1. The Labute approximate surface area is 119 Å². The summed E-state index contributed by atoms with van der Waals surface area (Å²) >= 11 is 0. The third-order valence-corrected chi connectivity index (χ3v) is 4.35. The molecule has 1 aromatic rings. The van der Waals surface area contributed by atoms with Gasteiger partial charge < -0.3 is 5.32 Å². The average molecular weight is 276 g/mol. The van der Waals surface area contributed by atoms with Gasteiger partial charge in [-0.2, -0.15) is 0 Å². The topological polar surface area (TPSA) is 70.7 Å². The number of carbonyl (C=O) groups excluding carboxylic acids is 1. The van der Waals surface area contributed by atoms with Crippen molar-refractivity contribution in [2.45, 2.75) is 51.9 Å². The summed E-state index contributed by atoms with van der Waals surface area (Å²) in [5, 5.41) is 9.92. The molecule has 1 heterocycles. The SMILES string of the molecule is CC(C)(C)c1nc(C(=O)NCC(C2CC2)C2CC2)n[nH]1. The van der Waals surface area contributed by atoms with E-state index in [4.69, 9.17) is 0 Å². The smallest absolute Gasteiger partial charge is 0.290 e. The molecular formula is C15H24N4O. The van der Waals surface area contributed by atoms with Crippen LogP contribution in [-0.4, -0.2) is 27.6 Å². The molecule has 0 aliphatic heterocycles. The molecule has 0 aromatic carbocycles. The van der Waals surface area contributed by atoms with Crippen molar-refractivity contribution >= 4 is 5.91 Å². The molecule has 2 N–H and O–H groups in total. The average Bonchev–Trinajstić information content (AvgIpc) is 3.29. The Morgan fingerprint density at radius 3 is 2.35 bits per heavy atom. The number of aromatic amines is 1. The maximum absolute atomic E-state index is 12.1. The third kappa shape index (κ3) is 3.02. The Balaban J connectivity index is 1.57. The second-order valence-electron chi connectivity index (χ2n) is 7.31. The van der Waals surface area contributed by atoms with E-state index in [1.807, 2.05) is 20.8 Å². The first-order chi connectivity index (χ1) is 9.45. The standard InChI is InChI=1S/C15H24N4O/c1-15(2,3)14-17-12(18-19-14)13(20)16-8-11(9-4-5-9)10-6-7-10/h9-11H,4-8H2,1-3H3,(H,16,20)(H,17,18,19). The fraction of sp³-hybridized carbons (Fsp3) is 0.800. The van der Waals surface area contributed by atoms with Crippen LogP contribution in [0.5, 0.6) is 0 Å². The Morgan fingerprint density at radius 2 is 1.90 bits per heavy atom. The van der Waals surface area contributed by atoms with Crippen LogP contribution >= 0.6 is 0 Å². The molecule has 2 saturated carbocycles. The zero-order chi connectivity index (χ0) is 14.3. The largest absolute Gasteiger partial charge is 0.349 e. The van der Waals surface area contributed by atoms with Crippen LogP contribution in [-0.2, 0) is 5.41 Å². The number of aromatic nitrogens is 3. The molecule has 0 atom stereocenters. The van der Waals surface area contributed by atoms with Gasteiger partial charge in [-0.15, -0.1) is 5.10 Å². The quantitative estimate of drug-likeness (QED) is 0.866. The number of carbonyl (C=O) groups is 1. The van der Waals surface area contributed by atoms with E-state index < -0.39 is 0 Å². The van der Waals surface area contributed by atoms with Crippen molar-refractivity contribution in [3.63, 3.8) is 0 Å². The van der Waals surface area contributed by atoms with E-state index >= 15 is 0 Å². The highest BCUT2D eigenvalue weighted by atomic mass is 16.2. The fourth-order valence-corrected chi connectivity index (χ4v) is 2.76. The van der Waals surface area contributed by atoms with Crippen molar-refractivity contribution in [1.29, 1.82) is 0 Å². The summed E-state index contributed by atoms with van der Waals surface area (Å²) in [7, 11) is 0. The summed E-state index contributed by atoms with van der Waals surface area (Å²) in [4.78, 5) is 16.4. The summed E-state index contributed by atoms with van der Waals surface area (Å²) in [5.74, 6) is 3.24. The highest BCUT2D eigenvalue weighted by Gasteiger charge is 2.41. The zero-order valence-electron chi connectivity index (χ0n) is 12.6. The minimum atomic E-state index is -0.150. The van der Waals surface area contributed by atoms with Crippen LogP contribution in [0.15, 0.2) is 0 Å². The number of nitrogens with one attached hydrogen (secondary N) is 2. The number of amides is 1. The van der Waals surface area contributed by atoms with Crippen LogP contribution < -0.4 is 5.32 Å². The van der Waals surface area contributed by atoms with Crippen molar-refractivity contribution in [3.05, 3.63) is 11.6 Å². The molecule has 1 amide bonds. The van der Waals surface area contributed by atoms with E-state index in [0.717, 1.165) is 24.2 Å². The van der Waals surface area contributed by atoms with E-state index in [-0.39, 0.29) is 17.1 Å². The third-order valence-electron chi connectivity index (χ3n) is 4.35. The van der Waals surface area contributed by atoms with Gasteiger partial charge in [0, 0.05) is 12.0 Å². The molecule has 5 heteroatoms. The monoisotopic (exact) mass is 276 g/mol. The molecule has 2 aliphatic carbocycles. The molecule has 0 unspecified atom stereocenters. The van der Waals surface area contributed by atoms with Crippen molar-refractivity contribution in [2.75, 3.05) is 6.54 Å². The van der Waals surface area contributed by atoms with Crippen molar-refractivity contribution in [3.8, 4) is 0 Å². The first-order valence-corrected chi connectivity index (χ1v) is 7.66. The highest BCUT2D eigenvalue weighted by molar-refractivity contribution is 5.90. The molecule has 0 saturated heterocycles. The van der Waals surface area contributed by atoms with E-state index in [2.05, 4.69) is 20.5 Å². The van der Waals surface area contributed by atoms with Crippen LogP contribution in [0.25, 0.3) is 0 Å². The van der Waals surface area contributed by atoms with Crippen molar-refractivity contribution < 1.29 is 4.79 Å². The number of nitrogens with zero attached hydrogens (tertiary/aromatic N) is 2. The van der Waals surface area contributed by atoms with E-state index in [0.29, 0.717) is 5.92 Å². The predicted octanol–water partition coefficient (Wildman–Crippen LogP) is 2.27. The summed E-state index contributed by atoms with van der Waals surface area (Å²) in [5.41, 5.74) is -0.115. The molecule has 1 aromatic heterocycles. The number of hydrogen-bond acceptors (Lipinski definition) is 3. The van der Waals surface area contributed by atoms with Crippen LogP contribution in [0.1, 0.15) is 62.9 Å². The molecular weight excluding hydrogens is 252 g/mol. The maximum atomic E-state index is 12.1. The molecule has 2 fully saturated rings. The molecule has 0 spiro atoms. The van der Waals surface area contributed by atoms with E-state index in [9.17, 15) is 4.79 Å². The molecule has 20 heavy (non-hydrogen) atoms. The first-order valence-electron chi connectivity index (χ1n) is 7.66. The molecule has 0 radical (unpaired) electrons. The normalized spacial score (nSPS) is 19.4. The van der Waals surface area contributed by atoms with Crippen LogP contribution in [0.4, 0.5) is 0 Å². The van der Waals surface area contributed by atoms with Gasteiger partial charge in [-0.1, -0.05) is 20.8 Å². The molecule has 0 bridgehead atoms. The minimum absolute atomic E-state index is 0.115. The summed E-state index contributed by atoms with van der Waals surface area (Å²) in [6.45, 7) is 6.93. The number of hydrogen-bond donors (Lipinski definition) is 2. The van der Waals surface area contributed by atoms with Gasteiger partial charge >= 0.3 is 0 Å². The highest BCUT2D eigenvalue weighted by Crippen LogP contribution is 2.48. The second-order valence-corrected chi connectivity index (χ2v) is 7.31. The lowest BCUT2D eigenvalue weighted by Gasteiger charge is -2.15. The van der Waals surface area contributed by atoms with E-state index in [1.54, 1.807) is 0 Å². The van der Waals surface area contributed by atoms with E-state index in [1.165, 1.54) is 25.7 Å². The molecule has 3 rings (SSSR count). The van der Waals surface area contributed by atoms with Crippen LogP contribution in [0.3, 0.4) is 0 Å². The van der Waals surface area contributed by atoms with Gasteiger partial charge in [0.2, 0.25) is 5.82 Å². The van der Waals surface area contributed by atoms with Gasteiger partial charge in [0.15, 0.2) is 0 Å². The van der Waals surface area contributed by atoms with Crippen LogP contribution in [0.2, 0.25) is 0 Å². The summed E-state index contributed by atoms with van der Waals surface area (Å²) in [6.07, 6.45) is 5.36. The first kappa shape index (κ1) is 13.6. The number of rotatable bonds is 5. The predicted molar refractivity (Wildman–Crippen MR) is 76.4 cm³/mol. The Kier molecular flexibility index (Phi) is 3.30. The second kappa shape index (κ2) is 4.86. The molecule has 110 valence electrons. The zero-order valence-corrected chi connectivity index (χ0v) is 12.6. The minimum Gasteiger partial charge on any atom is -0.349 e. The lowest BCUT2D eigenvalue weighted by atomic mass is 9.96. The van der Waals surface area contributed by atoms with Gasteiger partial charge in [-0.25, -0.2) is 4.98 Å². The maximum Gasteiger partial charge on any atom is 0.290 e. The van der Waals surface area contributed by atoms with Gasteiger partial charge in [-0.05, 0) is 43.4 Å². The lowest BCUT2D eigenvalue weighted by Crippen LogP contribution is -2.32. The molecule has 2 aliphatic rings.